The Labute approximate surface area is 188 Å². The molecule has 0 spiro atoms. The molecule has 2 unspecified atom stereocenters. The quantitative estimate of drug-likeness (QED) is 0.270. The van der Waals surface area contributed by atoms with Gasteiger partial charge in [-0.15, -0.1) is 24.0 Å². The lowest BCUT2D eigenvalue weighted by Gasteiger charge is -2.21. The second-order valence-electron chi connectivity index (χ2n) is 7.57. The van der Waals surface area contributed by atoms with E-state index in [1.165, 1.54) is 19.3 Å². The molecule has 7 nitrogen and oxygen atoms in total. The molecule has 0 radical (unpaired) electrons. The van der Waals surface area contributed by atoms with Gasteiger partial charge in [-0.1, -0.05) is 40.0 Å². The van der Waals surface area contributed by atoms with Gasteiger partial charge < -0.3 is 20.4 Å². The predicted octanol–water partition coefficient (Wildman–Crippen LogP) is 2.46. The first-order chi connectivity index (χ1) is 12.9. The number of unbranched alkanes of at least 4 members (excludes halogenated alkanes) is 1. The highest BCUT2D eigenvalue weighted by Crippen LogP contribution is 2.12. The van der Waals surface area contributed by atoms with E-state index in [2.05, 4.69) is 29.5 Å². The number of amides is 2. The average molecular weight is 509 g/mol. The van der Waals surface area contributed by atoms with Gasteiger partial charge >= 0.3 is 0 Å². The van der Waals surface area contributed by atoms with Crippen molar-refractivity contribution in [3.63, 3.8) is 0 Å². The van der Waals surface area contributed by atoms with Crippen LogP contribution in [0.25, 0.3) is 0 Å². The van der Waals surface area contributed by atoms with Crippen LogP contribution in [0.3, 0.4) is 0 Å². The molecule has 0 bridgehead atoms. The molecule has 1 aliphatic rings. The summed E-state index contributed by atoms with van der Waals surface area (Å²) in [4.78, 5) is 31.7. The van der Waals surface area contributed by atoms with Gasteiger partial charge in [0.05, 0.1) is 0 Å². The smallest absolute Gasteiger partial charge is 0.243 e. The molecule has 0 aromatic carbocycles. The Morgan fingerprint density at radius 2 is 1.96 bits per heavy atom. The van der Waals surface area contributed by atoms with Crippen LogP contribution in [0.15, 0.2) is 4.99 Å². The topological polar surface area (TPSA) is 77.0 Å². The van der Waals surface area contributed by atoms with Crippen LogP contribution in [0, 0.1) is 5.92 Å². The number of likely N-dealkylation sites (tertiary alicyclic amines) is 1. The van der Waals surface area contributed by atoms with Gasteiger partial charge in [0, 0.05) is 46.2 Å². The molecule has 2 amide bonds. The number of rotatable bonds is 10. The molecule has 2 atom stereocenters. The summed E-state index contributed by atoms with van der Waals surface area (Å²) < 4.78 is 0. The molecular formula is C20H40IN5O2. The van der Waals surface area contributed by atoms with Crippen molar-refractivity contribution in [3.05, 3.63) is 0 Å². The SMILES string of the molecule is CCCCC(CC)CNC(=NCC(=O)N(C)C)NC1CCN(C(=O)CC)C1.I. The summed E-state index contributed by atoms with van der Waals surface area (Å²) in [5, 5.41) is 6.85. The fourth-order valence-electron chi connectivity index (χ4n) is 3.15. The molecular weight excluding hydrogens is 469 g/mol. The van der Waals surface area contributed by atoms with Crippen molar-refractivity contribution >= 4 is 41.8 Å². The lowest BCUT2D eigenvalue weighted by atomic mass is 9.99. The second kappa shape index (κ2) is 14.9. The first kappa shape index (κ1) is 26.9. The Balaban J connectivity index is 0.00000729. The first-order valence-corrected chi connectivity index (χ1v) is 10.4. The van der Waals surface area contributed by atoms with E-state index in [1.54, 1.807) is 19.0 Å². The monoisotopic (exact) mass is 509 g/mol. The third-order valence-corrected chi connectivity index (χ3v) is 5.16. The maximum absolute atomic E-state index is 11.9. The van der Waals surface area contributed by atoms with Crippen LogP contribution in [-0.2, 0) is 9.59 Å². The predicted molar refractivity (Wildman–Crippen MR) is 126 cm³/mol. The van der Waals surface area contributed by atoms with Gasteiger partial charge in [0.25, 0.3) is 0 Å². The van der Waals surface area contributed by atoms with Crippen LogP contribution >= 0.6 is 24.0 Å². The number of aliphatic imine (C=N–C) groups is 1. The van der Waals surface area contributed by atoms with Crippen molar-refractivity contribution in [1.82, 2.24) is 20.4 Å². The molecule has 2 N–H and O–H groups in total. The summed E-state index contributed by atoms with van der Waals surface area (Å²) in [7, 11) is 3.48. The van der Waals surface area contributed by atoms with Crippen LogP contribution in [-0.4, -0.2) is 73.9 Å². The maximum Gasteiger partial charge on any atom is 0.243 e. The molecule has 0 aromatic rings. The largest absolute Gasteiger partial charge is 0.356 e. The number of nitrogens with one attached hydrogen (secondary N) is 2. The fraction of sp³-hybridized carbons (Fsp3) is 0.850. The van der Waals surface area contributed by atoms with Crippen LogP contribution < -0.4 is 10.6 Å². The zero-order valence-corrected chi connectivity index (χ0v) is 20.6. The Kier molecular flexibility index (Phi) is 14.3. The van der Waals surface area contributed by atoms with Gasteiger partial charge in [-0.05, 0) is 18.8 Å². The zero-order valence-electron chi connectivity index (χ0n) is 18.3. The molecule has 28 heavy (non-hydrogen) atoms. The Morgan fingerprint density at radius 3 is 2.54 bits per heavy atom. The van der Waals surface area contributed by atoms with E-state index in [1.807, 2.05) is 11.8 Å². The van der Waals surface area contributed by atoms with Gasteiger partial charge in [-0.25, -0.2) is 4.99 Å². The van der Waals surface area contributed by atoms with E-state index in [0.29, 0.717) is 24.8 Å². The first-order valence-electron chi connectivity index (χ1n) is 10.4. The standard InChI is InChI=1S/C20H39N5O2.HI/c1-6-9-10-16(7-2)13-21-20(22-14-19(27)24(4)5)23-17-11-12-25(15-17)18(26)8-3;/h16-17H,6-15H2,1-5H3,(H2,21,22,23);1H. The van der Waals surface area contributed by atoms with E-state index < -0.39 is 0 Å². The minimum absolute atomic E-state index is 0. The van der Waals surface area contributed by atoms with Gasteiger partial charge in [-0.2, -0.15) is 0 Å². The van der Waals surface area contributed by atoms with Crippen molar-refractivity contribution < 1.29 is 9.59 Å². The lowest BCUT2D eigenvalue weighted by Crippen LogP contribution is -2.46. The molecule has 164 valence electrons. The van der Waals surface area contributed by atoms with Crippen molar-refractivity contribution in [2.75, 3.05) is 40.3 Å². The second-order valence-corrected chi connectivity index (χ2v) is 7.57. The van der Waals surface area contributed by atoms with E-state index in [4.69, 9.17) is 0 Å². The van der Waals surface area contributed by atoms with Gasteiger partial charge in [0.2, 0.25) is 11.8 Å². The van der Waals surface area contributed by atoms with Gasteiger partial charge in [0.15, 0.2) is 5.96 Å². The number of guanidine groups is 1. The van der Waals surface area contributed by atoms with Crippen LogP contribution in [0.4, 0.5) is 0 Å². The van der Waals surface area contributed by atoms with Crippen molar-refractivity contribution in [1.29, 1.82) is 0 Å². The average Bonchev–Trinajstić information content (AvgIpc) is 3.13. The Hall–Kier alpha value is -1.06. The van der Waals surface area contributed by atoms with E-state index >= 15 is 0 Å². The molecule has 0 aromatic heterocycles. The van der Waals surface area contributed by atoms with Gasteiger partial charge in [0.1, 0.15) is 6.54 Å². The molecule has 1 rings (SSSR count). The minimum atomic E-state index is -0.0247. The molecule has 0 saturated carbocycles. The highest BCUT2D eigenvalue weighted by atomic mass is 127. The normalized spacial score (nSPS) is 17.7. The van der Waals surface area contributed by atoms with E-state index in [9.17, 15) is 9.59 Å². The lowest BCUT2D eigenvalue weighted by molar-refractivity contribution is -0.130. The summed E-state index contributed by atoms with van der Waals surface area (Å²) in [5.74, 6) is 1.45. The van der Waals surface area contributed by atoms with Crippen molar-refractivity contribution in [2.45, 2.75) is 65.3 Å². The number of hydrogen-bond donors (Lipinski definition) is 2. The number of carbonyl (C=O) groups is 2. The number of hydrogen-bond acceptors (Lipinski definition) is 3. The summed E-state index contributed by atoms with van der Waals surface area (Å²) in [6.07, 6.45) is 6.21. The number of likely N-dealkylation sites (N-methyl/N-ethyl adjacent to an activating group) is 1. The van der Waals surface area contributed by atoms with Crippen molar-refractivity contribution in [3.8, 4) is 0 Å². The maximum atomic E-state index is 11.9. The molecule has 1 heterocycles. The summed E-state index contributed by atoms with van der Waals surface area (Å²) in [5.41, 5.74) is 0. The fourth-order valence-corrected chi connectivity index (χ4v) is 3.15. The summed E-state index contributed by atoms with van der Waals surface area (Å²) in [6, 6.07) is 0.178. The third-order valence-electron chi connectivity index (χ3n) is 5.16. The Bertz CT molecular complexity index is 499. The minimum Gasteiger partial charge on any atom is -0.356 e. The van der Waals surface area contributed by atoms with E-state index in [-0.39, 0.29) is 48.4 Å². The molecule has 0 aliphatic carbocycles. The highest BCUT2D eigenvalue weighted by Gasteiger charge is 2.26. The van der Waals surface area contributed by atoms with Crippen molar-refractivity contribution in [2.24, 2.45) is 10.9 Å². The number of halogens is 1. The van der Waals surface area contributed by atoms with Gasteiger partial charge in [-0.3, -0.25) is 9.59 Å². The van der Waals surface area contributed by atoms with Crippen LogP contribution in [0.5, 0.6) is 0 Å². The Morgan fingerprint density at radius 1 is 1.25 bits per heavy atom. The third kappa shape index (κ3) is 9.93. The molecule has 8 heteroatoms. The number of nitrogens with zero attached hydrogens (tertiary/aromatic N) is 3. The van der Waals surface area contributed by atoms with E-state index in [0.717, 1.165) is 25.9 Å². The van der Waals surface area contributed by atoms with Crippen LogP contribution in [0.2, 0.25) is 0 Å². The summed E-state index contributed by atoms with van der Waals surface area (Å²) >= 11 is 0. The summed E-state index contributed by atoms with van der Waals surface area (Å²) in [6.45, 7) is 8.77. The molecule has 1 fully saturated rings. The highest BCUT2D eigenvalue weighted by molar-refractivity contribution is 14.0. The molecule has 1 aliphatic heterocycles. The number of carbonyl (C=O) groups excluding carboxylic acids is 2. The molecule has 1 saturated heterocycles. The zero-order chi connectivity index (χ0) is 20.2. The van der Waals surface area contributed by atoms with Crippen LogP contribution in [0.1, 0.15) is 59.3 Å².